The summed E-state index contributed by atoms with van der Waals surface area (Å²) in [5.41, 5.74) is 0. The molecule has 0 radical (unpaired) electrons. The lowest BCUT2D eigenvalue weighted by Gasteiger charge is -2.49. The van der Waals surface area contributed by atoms with Gasteiger partial charge in [-0.1, -0.05) is 58.3 Å². The second-order valence-corrected chi connectivity index (χ2v) is 12.3. The molecular formula is C29H52N2O2. The number of piperidine rings is 2. The van der Waals surface area contributed by atoms with Crippen molar-refractivity contribution in [2.75, 3.05) is 26.2 Å². The number of hydrogen-bond acceptors (Lipinski definition) is 4. The minimum Gasteiger partial charge on any atom is -0.360 e. The Morgan fingerprint density at radius 1 is 0.515 bits per heavy atom. The van der Waals surface area contributed by atoms with Gasteiger partial charge in [0.25, 0.3) is 0 Å². The highest BCUT2D eigenvalue weighted by Crippen LogP contribution is 2.37. The molecule has 4 bridgehead atoms. The number of ether oxygens (including phenoxy) is 2. The predicted octanol–water partition coefficient (Wildman–Crippen LogP) is 6.58. The Labute approximate surface area is 204 Å². The molecule has 4 heteroatoms. The van der Waals surface area contributed by atoms with E-state index in [0.29, 0.717) is 30.6 Å². The Morgan fingerprint density at radius 3 is 1.82 bits per heavy atom. The lowest BCUT2D eigenvalue weighted by molar-refractivity contribution is -0.201. The van der Waals surface area contributed by atoms with Crippen LogP contribution in [0.4, 0.5) is 0 Å². The molecule has 0 saturated carbocycles. The van der Waals surface area contributed by atoms with E-state index in [9.17, 15) is 0 Å². The van der Waals surface area contributed by atoms with Gasteiger partial charge in [-0.2, -0.15) is 0 Å². The normalized spacial score (nSPS) is 43.0. The van der Waals surface area contributed by atoms with Crippen molar-refractivity contribution in [3.8, 4) is 0 Å². The maximum atomic E-state index is 6.86. The zero-order chi connectivity index (χ0) is 22.5. The molecular weight excluding hydrogens is 408 g/mol. The van der Waals surface area contributed by atoms with E-state index in [2.05, 4.69) is 16.7 Å². The van der Waals surface area contributed by atoms with Gasteiger partial charge in [-0.3, -0.25) is 9.80 Å². The first-order valence-corrected chi connectivity index (χ1v) is 15.1. The van der Waals surface area contributed by atoms with Gasteiger partial charge >= 0.3 is 0 Å². The quantitative estimate of drug-likeness (QED) is 0.407. The summed E-state index contributed by atoms with van der Waals surface area (Å²) in [4.78, 5) is 5.38. The molecule has 5 heterocycles. The fraction of sp³-hybridized carbons (Fsp3) is 1.00. The second kappa shape index (κ2) is 12.2. The van der Waals surface area contributed by atoms with Crippen molar-refractivity contribution in [1.29, 1.82) is 0 Å². The molecule has 5 rings (SSSR count). The average Bonchev–Trinajstić information content (AvgIpc) is 2.83. The van der Waals surface area contributed by atoms with Crippen molar-refractivity contribution in [3.63, 3.8) is 0 Å². The molecule has 0 amide bonds. The highest BCUT2D eigenvalue weighted by Gasteiger charge is 2.40. The summed E-state index contributed by atoms with van der Waals surface area (Å²) in [5, 5.41) is 0. The SMILES string of the molecule is CC1CN2CCCC3CCCCCCC4CCN5CCCC(CCCCCCC1OC32)C5O4. The summed E-state index contributed by atoms with van der Waals surface area (Å²) >= 11 is 0. The molecule has 0 aromatic heterocycles. The molecule has 0 spiro atoms. The first-order chi connectivity index (χ1) is 16.3. The molecule has 5 aliphatic rings. The third kappa shape index (κ3) is 6.35. The molecule has 7 atom stereocenters. The first kappa shape index (κ1) is 24.5. The van der Waals surface area contributed by atoms with E-state index in [4.69, 9.17) is 9.47 Å². The van der Waals surface area contributed by atoms with Crippen LogP contribution in [-0.4, -0.2) is 60.6 Å². The van der Waals surface area contributed by atoms with Gasteiger partial charge < -0.3 is 9.47 Å². The highest BCUT2D eigenvalue weighted by atomic mass is 16.5. The fourth-order valence-corrected chi connectivity index (χ4v) is 7.83. The van der Waals surface area contributed by atoms with Gasteiger partial charge in [-0.15, -0.1) is 0 Å². The largest absolute Gasteiger partial charge is 0.360 e. The summed E-state index contributed by atoms with van der Waals surface area (Å²) in [6.45, 7) is 7.53. The second-order valence-electron chi connectivity index (χ2n) is 12.3. The lowest BCUT2D eigenvalue weighted by Crippen LogP contribution is -2.56. The number of fused-ring (bicyclic) bond motifs is 2. The van der Waals surface area contributed by atoms with Crippen molar-refractivity contribution < 1.29 is 9.47 Å². The van der Waals surface area contributed by atoms with E-state index < -0.39 is 0 Å². The van der Waals surface area contributed by atoms with E-state index in [0.717, 1.165) is 11.8 Å². The van der Waals surface area contributed by atoms with E-state index in [1.165, 1.54) is 135 Å². The van der Waals surface area contributed by atoms with Crippen molar-refractivity contribution >= 4 is 0 Å². The molecule has 0 aromatic rings. The van der Waals surface area contributed by atoms with Crippen LogP contribution in [0.15, 0.2) is 0 Å². The maximum Gasteiger partial charge on any atom is 0.113 e. The average molecular weight is 461 g/mol. The number of rotatable bonds is 0. The third-order valence-corrected chi connectivity index (χ3v) is 9.77. The third-order valence-electron chi connectivity index (χ3n) is 9.77. The summed E-state index contributed by atoms with van der Waals surface area (Å²) in [6.07, 6.45) is 25.1. The molecule has 5 saturated heterocycles. The van der Waals surface area contributed by atoms with E-state index in [1.807, 2.05) is 0 Å². The molecule has 4 nitrogen and oxygen atoms in total. The van der Waals surface area contributed by atoms with E-state index >= 15 is 0 Å². The van der Waals surface area contributed by atoms with Crippen LogP contribution < -0.4 is 0 Å². The van der Waals surface area contributed by atoms with Crippen LogP contribution in [0.2, 0.25) is 0 Å². The van der Waals surface area contributed by atoms with Crippen LogP contribution in [-0.2, 0) is 9.47 Å². The van der Waals surface area contributed by atoms with Gasteiger partial charge in [0.15, 0.2) is 0 Å². The highest BCUT2D eigenvalue weighted by molar-refractivity contribution is 4.87. The monoisotopic (exact) mass is 460 g/mol. The van der Waals surface area contributed by atoms with Gasteiger partial charge in [0.2, 0.25) is 0 Å². The van der Waals surface area contributed by atoms with Gasteiger partial charge in [0, 0.05) is 26.2 Å². The molecule has 0 N–H and O–H groups in total. The summed E-state index contributed by atoms with van der Waals surface area (Å²) < 4.78 is 13.6. The van der Waals surface area contributed by atoms with Crippen molar-refractivity contribution in [2.24, 2.45) is 17.8 Å². The van der Waals surface area contributed by atoms with Crippen molar-refractivity contribution in [1.82, 2.24) is 9.80 Å². The van der Waals surface area contributed by atoms with Gasteiger partial charge in [-0.05, 0) is 75.5 Å². The number of hydrogen-bond donors (Lipinski definition) is 0. The van der Waals surface area contributed by atoms with Gasteiger partial charge in [-0.25, -0.2) is 0 Å². The Bertz CT molecular complexity index is 586. The summed E-state index contributed by atoms with van der Waals surface area (Å²) in [6, 6.07) is 0. The maximum absolute atomic E-state index is 6.86. The topological polar surface area (TPSA) is 24.9 Å². The van der Waals surface area contributed by atoms with Gasteiger partial charge in [0.1, 0.15) is 12.5 Å². The molecule has 7 unspecified atom stereocenters. The smallest absolute Gasteiger partial charge is 0.113 e. The van der Waals surface area contributed by atoms with Crippen LogP contribution >= 0.6 is 0 Å². The molecule has 33 heavy (non-hydrogen) atoms. The minimum atomic E-state index is 0.423. The van der Waals surface area contributed by atoms with Crippen molar-refractivity contribution in [3.05, 3.63) is 0 Å². The van der Waals surface area contributed by atoms with Crippen LogP contribution in [0.3, 0.4) is 0 Å². The van der Waals surface area contributed by atoms with Crippen LogP contribution in [0.1, 0.15) is 116 Å². The summed E-state index contributed by atoms with van der Waals surface area (Å²) in [5.74, 6) is 2.25. The molecule has 190 valence electrons. The standard InChI is InChI=1S/C29H52N2O2/c1-23-22-31-20-11-15-25-13-6-2-4-8-16-26-18-21-30-19-10-14-24(28(30)32-26)12-7-3-5-9-17-27(23)33-29(25)31/h23-29H,2-22H2,1H3. The van der Waals surface area contributed by atoms with Crippen LogP contribution in [0.25, 0.3) is 0 Å². The molecule has 5 fully saturated rings. The summed E-state index contributed by atoms with van der Waals surface area (Å²) in [7, 11) is 0. The van der Waals surface area contributed by atoms with Crippen LogP contribution in [0.5, 0.6) is 0 Å². The molecule has 5 aliphatic heterocycles. The van der Waals surface area contributed by atoms with E-state index in [-0.39, 0.29) is 0 Å². The zero-order valence-corrected chi connectivity index (χ0v) is 21.6. The molecule has 0 aliphatic carbocycles. The van der Waals surface area contributed by atoms with E-state index in [1.54, 1.807) is 0 Å². The van der Waals surface area contributed by atoms with Crippen LogP contribution in [0, 0.1) is 17.8 Å². The fourth-order valence-electron chi connectivity index (χ4n) is 7.83. The van der Waals surface area contributed by atoms with Crippen molar-refractivity contribution in [2.45, 2.75) is 141 Å². The van der Waals surface area contributed by atoms with Gasteiger partial charge in [0.05, 0.1) is 12.2 Å². The first-order valence-electron chi connectivity index (χ1n) is 15.1. The predicted molar refractivity (Wildman–Crippen MR) is 135 cm³/mol. The Balaban J connectivity index is 1.18. The Hall–Kier alpha value is -0.160. The zero-order valence-electron chi connectivity index (χ0n) is 21.6. The Morgan fingerprint density at radius 2 is 1.09 bits per heavy atom. The minimum absolute atomic E-state index is 0.423. The Kier molecular flexibility index (Phi) is 9.06. The molecule has 0 aromatic carbocycles. The number of nitrogens with zero attached hydrogens (tertiary/aromatic N) is 2. The lowest BCUT2D eigenvalue weighted by atomic mass is 9.86.